The first kappa shape index (κ1) is 25.5. The molecule has 2 N–H and O–H groups in total. The van der Waals surface area contributed by atoms with Crippen LogP contribution >= 0.6 is 23.2 Å². The van der Waals surface area contributed by atoms with Crippen LogP contribution in [0.2, 0.25) is 10.0 Å². The summed E-state index contributed by atoms with van der Waals surface area (Å²) in [7, 11) is 1.55. The number of likely N-dealkylation sites (tertiary alicyclic amines) is 1. The highest BCUT2D eigenvalue weighted by Crippen LogP contribution is 2.59. The number of rotatable bonds is 7. The Morgan fingerprint density at radius 3 is 2.58 bits per heavy atom. The lowest BCUT2D eigenvalue weighted by atomic mass is 9.70. The molecule has 0 radical (unpaired) electrons. The van der Waals surface area contributed by atoms with E-state index in [0.717, 1.165) is 25.7 Å². The molecular formula is C26H31Cl2N3O5. The van der Waals surface area contributed by atoms with Crippen molar-refractivity contribution in [2.24, 2.45) is 11.8 Å². The quantitative estimate of drug-likeness (QED) is 0.520. The van der Waals surface area contributed by atoms with Crippen LogP contribution in [0, 0.1) is 11.8 Å². The van der Waals surface area contributed by atoms with E-state index in [0.29, 0.717) is 15.7 Å². The van der Waals surface area contributed by atoms with Gasteiger partial charge in [0.15, 0.2) is 0 Å². The number of carbonyl (C=O) groups excluding carboxylic acids is 3. The molecule has 3 fully saturated rings. The van der Waals surface area contributed by atoms with Gasteiger partial charge in [-0.3, -0.25) is 14.4 Å². The molecule has 8 nitrogen and oxygen atoms in total. The molecule has 1 aromatic carbocycles. The summed E-state index contributed by atoms with van der Waals surface area (Å²) in [5.74, 6) is -2.57. The third-order valence-electron chi connectivity index (χ3n) is 8.00. The van der Waals surface area contributed by atoms with E-state index < -0.39 is 29.1 Å². The van der Waals surface area contributed by atoms with Crippen molar-refractivity contribution in [3.63, 3.8) is 0 Å². The second-order valence-corrected chi connectivity index (χ2v) is 11.1. The van der Waals surface area contributed by atoms with Crippen LogP contribution in [0.5, 0.6) is 0 Å². The molecule has 2 saturated heterocycles. The minimum absolute atomic E-state index is 0.0768. The lowest BCUT2D eigenvalue weighted by Crippen LogP contribution is -2.57. The van der Waals surface area contributed by atoms with Crippen molar-refractivity contribution < 1.29 is 23.9 Å². The maximum Gasteiger partial charge on any atom is 0.246 e. The molecule has 5 rings (SSSR count). The number of ether oxygens (including phenoxy) is 2. The lowest BCUT2D eigenvalue weighted by molar-refractivity contribution is -0.144. The van der Waals surface area contributed by atoms with Crippen molar-refractivity contribution in [1.29, 1.82) is 0 Å². The molecule has 0 aromatic heterocycles. The van der Waals surface area contributed by atoms with Gasteiger partial charge in [0.1, 0.15) is 11.6 Å². The van der Waals surface area contributed by atoms with Crippen molar-refractivity contribution in [1.82, 2.24) is 10.2 Å². The van der Waals surface area contributed by atoms with E-state index >= 15 is 0 Å². The molecule has 4 aliphatic rings. The van der Waals surface area contributed by atoms with Gasteiger partial charge in [-0.05, 0) is 38.0 Å². The average molecular weight is 536 g/mol. The summed E-state index contributed by atoms with van der Waals surface area (Å²) in [6.45, 7) is 2.28. The van der Waals surface area contributed by atoms with E-state index in [-0.39, 0.29) is 36.9 Å². The maximum atomic E-state index is 13.9. The van der Waals surface area contributed by atoms with Crippen LogP contribution in [0.15, 0.2) is 30.4 Å². The highest BCUT2D eigenvalue weighted by molar-refractivity contribution is 6.42. The number of halogens is 2. The Balaban J connectivity index is 1.46. The van der Waals surface area contributed by atoms with Crippen LogP contribution in [-0.2, 0) is 23.9 Å². The van der Waals surface area contributed by atoms with Crippen molar-refractivity contribution in [3.05, 3.63) is 40.4 Å². The third kappa shape index (κ3) is 4.12. The van der Waals surface area contributed by atoms with E-state index in [9.17, 15) is 14.4 Å². The Morgan fingerprint density at radius 1 is 1.14 bits per heavy atom. The average Bonchev–Trinajstić information content (AvgIpc) is 3.41. The first-order valence-electron chi connectivity index (χ1n) is 12.5. The van der Waals surface area contributed by atoms with E-state index in [4.69, 9.17) is 32.7 Å². The minimum Gasteiger partial charge on any atom is -0.383 e. The Morgan fingerprint density at radius 2 is 1.89 bits per heavy atom. The van der Waals surface area contributed by atoms with Gasteiger partial charge in [-0.25, -0.2) is 0 Å². The standard InChI is InChI=1S/C26H31Cl2N3O5/c1-25-10-11-26(36-25)20(19(25)22(32)30-16-8-9-17(27)18(28)14-16)24(34)31(12-13-35-2)21(26)23(33)29-15-6-4-3-5-7-15/h8-11,14-15,19-21H,3-7,12-13H2,1-2H3,(H,29,33)(H,30,32)/t19-,20+,21+,25+,26-/m0/s1. The number of hydrogen-bond donors (Lipinski definition) is 2. The molecule has 0 unspecified atom stereocenters. The number of amides is 3. The lowest BCUT2D eigenvalue weighted by Gasteiger charge is -2.34. The second-order valence-electron chi connectivity index (χ2n) is 10.3. The molecular weight excluding hydrogens is 505 g/mol. The minimum atomic E-state index is -1.22. The van der Waals surface area contributed by atoms with Gasteiger partial charge < -0.3 is 25.0 Å². The molecule has 1 spiro atoms. The van der Waals surface area contributed by atoms with E-state index in [2.05, 4.69) is 10.6 Å². The molecule has 10 heteroatoms. The fourth-order valence-electron chi connectivity index (χ4n) is 6.38. The predicted molar refractivity (Wildman–Crippen MR) is 136 cm³/mol. The summed E-state index contributed by atoms with van der Waals surface area (Å²) in [4.78, 5) is 42.7. The highest BCUT2D eigenvalue weighted by atomic mass is 35.5. The smallest absolute Gasteiger partial charge is 0.246 e. The largest absolute Gasteiger partial charge is 0.383 e. The molecule has 36 heavy (non-hydrogen) atoms. The van der Waals surface area contributed by atoms with Crippen LogP contribution < -0.4 is 10.6 Å². The highest BCUT2D eigenvalue weighted by Gasteiger charge is 2.76. The van der Waals surface area contributed by atoms with E-state index in [1.54, 1.807) is 32.2 Å². The molecule has 3 amide bonds. The SMILES string of the molecule is COCCN1C(=O)[C@H]2[C@@H](C(=O)Nc3ccc(Cl)c(Cl)c3)[C@@]3(C)C=C[C@@]2(O3)[C@H]1C(=O)NC1CCCCC1. The van der Waals surface area contributed by atoms with Crippen molar-refractivity contribution in [3.8, 4) is 0 Å². The van der Waals surface area contributed by atoms with Crippen molar-refractivity contribution >= 4 is 46.6 Å². The van der Waals surface area contributed by atoms with Crippen LogP contribution in [0.25, 0.3) is 0 Å². The Bertz CT molecular complexity index is 1110. The Kier molecular flexibility index (Phi) is 6.83. The van der Waals surface area contributed by atoms with Gasteiger partial charge in [0.2, 0.25) is 17.7 Å². The first-order valence-corrected chi connectivity index (χ1v) is 13.2. The monoisotopic (exact) mass is 535 g/mol. The zero-order valence-corrected chi connectivity index (χ0v) is 21.9. The second kappa shape index (κ2) is 9.63. The molecule has 1 saturated carbocycles. The van der Waals surface area contributed by atoms with Crippen LogP contribution in [0.3, 0.4) is 0 Å². The Labute approximate surface area is 220 Å². The van der Waals surface area contributed by atoms with Gasteiger partial charge in [0.05, 0.1) is 34.1 Å². The molecule has 5 atom stereocenters. The van der Waals surface area contributed by atoms with E-state index in [1.807, 2.05) is 12.2 Å². The summed E-state index contributed by atoms with van der Waals surface area (Å²) >= 11 is 12.1. The molecule has 2 bridgehead atoms. The number of anilines is 1. The number of carbonyl (C=O) groups is 3. The number of methoxy groups -OCH3 is 1. The summed E-state index contributed by atoms with van der Waals surface area (Å²) < 4.78 is 11.7. The first-order chi connectivity index (χ1) is 17.2. The predicted octanol–water partition coefficient (Wildman–Crippen LogP) is 3.57. The van der Waals surface area contributed by atoms with Gasteiger partial charge in [0, 0.05) is 25.4 Å². The molecule has 3 aliphatic heterocycles. The van der Waals surface area contributed by atoms with Crippen molar-refractivity contribution in [2.45, 2.75) is 62.3 Å². The normalized spacial score (nSPS) is 33.2. The van der Waals surface area contributed by atoms with Crippen LogP contribution in [-0.4, -0.2) is 66.2 Å². The molecule has 3 heterocycles. The summed E-state index contributed by atoms with van der Waals surface area (Å²) in [6.07, 6.45) is 8.78. The number of hydrogen-bond acceptors (Lipinski definition) is 5. The van der Waals surface area contributed by atoms with Gasteiger partial charge >= 0.3 is 0 Å². The number of benzene rings is 1. The van der Waals surface area contributed by atoms with Crippen LogP contribution in [0.1, 0.15) is 39.0 Å². The van der Waals surface area contributed by atoms with E-state index in [1.165, 1.54) is 11.3 Å². The number of nitrogens with one attached hydrogen (secondary N) is 2. The van der Waals surface area contributed by atoms with Gasteiger partial charge in [-0.2, -0.15) is 0 Å². The molecule has 1 aliphatic carbocycles. The van der Waals surface area contributed by atoms with Gasteiger partial charge in [0.25, 0.3) is 0 Å². The van der Waals surface area contributed by atoms with Crippen LogP contribution in [0.4, 0.5) is 5.69 Å². The fraction of sp³-hybridized carbons (Fsp3) is 0.577. The summed E-state index contributed by atoms with van der Waals surface area (Å²) in [5, 5.41) is 6.72. The summed E-state index contributed by atoms with van der Waals surface area (Å²) in [6, 6.07) is 4.00. The zero-order valence-electron chi connectivity index (χ0n) is 20.4. The Hall–Kier alpha value is -2.13. The van der Waals surface area contributed by atoms with Crippen molar-refractivity contribution in [2.75, 3.05) is 25.6 Å². The topological polar surface area (TPSA) is 97.0 Å². The molecule has 1 aromatic rings. The van der Waals surface area contributed by atoms with Gasteiger partial charge in [-0.15, -0.1) is 0 Å². The summed E-state index contributed by atoms with van der Waals surface area (Å²) in [5.41, 5.74) is -1.79. The fourth-order valence-corrected chi connectivity index (χ4v) is 6.68. The van der Waals surface area contributed by atoms with Gasteiger partial charge in [-0.1, -0.05) is 54.6 Å². The molecule has 194 valence electrons. The number of fused-ring (bicyclic) bond motifs is 1. The zero-order chi connectivity index (χ0) is 25.7. The number of nitrogens with zero attached hydrogens (tertiary/aromatic N) is 1. The maximum absolute atomic E-state index is 13.9. The third-order valence-corrected chi connectivity index (χ3v) is 8.74.